The number of aromatic nitrogens is 2. The molecule has 28 heavy (non-hydrogen) atoms. The van der Waals surface area contributed by atoms with Gasteiger partial charge >= 0.3 is 0 Å². The van der Waals surface area contributed by atoms with E-state index in [2.05, 4.69) is 50.5 Å². The second-order valence-corrected chi connectivity index (χ2v) is 7.47. The summed E-state index contributed by atoms with van der Waals surface area (Å²) in [7, 11) is 0. The van der Waals surface area contributed by atoms with E-state index < -0.39 is 0 Å². The number of hydrogen-bond donors (Lipinski definition) is 1. The number of benzene rings is 2. The largest absolute Gasteiger partial charge is 0.336 e. The average molecular weight is 372 g/mol. The minimum atomic E-state index is -0.214. The van der Waals surface area contributed by atoms with Gasteiger partial charge in [0.15, 0.2) is 0 Å². The summed E-state index contributed by atoms with van der Waals surface area (Å²) in [4.78, 5) is 24.1. The number of rotatable bonds is 3. The third kappa shape index (κ3) is 3.88. The molecular weight excluding hydrogens is 348 g/mol. The molecule has 0 atom stereocenters. The molecule has 1 aliphatic heterocycles. The molecule has 0 fully saturated rings. The molecule has 0 aliphatic carbocycles. The van der Waals surface area contributed by atoms with Crippen molar-refractivity contribution in [2.24, 2.45) is 0 Å². The van der Waals surface area contributed by atoms with Gasteiger partial charge in [0.25, 0.3) is 5.91 Å². The quantitative estimate of drug-likeness (QED) is 0.748. The molecule has 1 aliphatic rings. The van der Waals surface area contributed by atoms with Gasteiger partial charge < -0.3 is 10.2 Å². The molecule has 1 amide bonds. The van der Waals surface area contributed by atoms with Crippen molar-refractivity contribution in [2.45, 2.75) is 33.7 Å². The van der Waals surface area contributed by atoms with Crippen molar-refractivity contribution < 1.29 is 4.79 Å². The van der Waals surface area contributed by atoms with E-state index in [4.69, 9.17) is 0 Å². The monoisotopic (exact) mass is 372 g/mol. The van der Waals surface area contributed by atoms with Crippen LogP contribution >= 0.6 is 0 Å². The Morgan fingerprint density at radius 2 is 1.68 bits per heavy atom. The van der Waals surface area contributed by atoms with Crippen LogP contribution in [0.2, 0.25) is 0 Å². The van der Waals surface area contributed by atoms with E-state index in [-0.39, 0.29) is 5.91 Å². The van der Waals surface area contributed by atoms with Crippen molar-refractivity contribution in [2.75, 3.05) is 16.8 Å². The van der Waals surface area contributed by atoms with Gasteiger partial charge in [0.1, 0.15) is 5.69 Å². The lowest BCUT2D eigenvalue weighted by molar-refractivity contribution is 0.102. The van der Waals surface area contributed by atoms with Crippen molar-refractivity contribution in [1.29, 1.82) is 0 Å². The maximum Gasteiger partial charge on any atom is 0.274 e. The number of carbonyl (C=O) groups excluding carboxylic acids is 1. The van der Waals surface area contributed by atoms with Crippen LogP contribution in [0.1, 0.15) is 38.4 Å². The predicted molar refractivity (Wildman–Crippen MR) is 112 cm³/mol. The zero-order valence-electron chi connectivity index (χ0n) is 16.5. The molecular formula is C23H24N4O. The molecule has 2 heterocycles. The Labute approximate surface area is 165 Å². The summed E-state index contributed by atoms with van der Waals surface area (Å²) in [6.45, 7) is 7.54. The van der Waals surface area contributed by atoms with E-state index in [1.54, 1.807) is 6.07 Å². The average Bonchev–Trinajstić information content (AvgIpc) is 2.66. The minimum absolute atomic E-state index is 0.214. The smallest absolute Gasteiger partial charge is 0.274 e. The lowest BCUT2D eigenvalue weighted by Crippen LogP contribution is -2.32. The molecule has 5 nitrogen and oxygen atoms in total. The summed E-state index contributed by atoms with van der Waals surface area (Å²) in [5, 5.41) is 2.97. The molecule has 3 aromatic rings. The topological polar surface area (TPSA) is 58.1 Å². The Kier molecular flexibility index (Phi) is 4.82. The first kappa shape index (κ1) is 18.2. The molecule has 0 saturated carbocycles. The molecule has 0 unspecified atom stereocenters. The van der Waals surface area contributed by atoms with Crippen LogP contribution in [-0.2, 0) is 13.0 Å². The fourth-order valence-corrected chi connectivity index (χ4v) is 3.72. The van der Waals surface area contributed by atoms with Crippen LogP contribution in [0.5, 0.6) is 0 Å². The van der Waals surface area contributed by atoms with E-state index in [9.17, 15) is 4.79 Å². The van der Waals surface area contributed by atoms with Gasteiger partial charge in [-0.3, -0.25) is 4.79 Å². The Balaban J connectivity index is 1.58. The summed E-state index contributed by atoms with van der Waals surface area (Å²) < 4.78 is 0. The molecule has 4 rings (SSSR count). The standard InChI is InChI=1S/C23H24N4O/c1-15-10-16(2)12-20(11-15)25-22(28)21-13-17(3)24-23(26-21)27-9-8-18-6-4-5-7-19(18)14-27/h4-7,10-13H,8-9,14H2,1-3H3,(H,25,28). The van der Waals surface area contributed by atoms with Crippen LogP contribution in [0.3, 0.4) is 0 Å². The van der Waals surface area contributed by atoms with Gasteiger partial charge in [0.05, 0.1) is 0 Å². The van der Waals surface area contributed by atoms with Gasteiger partial charge in [-0.05, 0) is 67.6 Å². The highest BCUT2D eigenvalue weighted by atomic mass is 16.1. The Morgan fingerprint density at radius 3 is 2.43 bits per heavy atom. The minimum Gasteiger partial charge on any atom is -0.336 e. The zero-order chi connectivity index (χ0) is 19.7. The molecule has 2 aromatic carbocycles. The molecule has 5 heteroatoms. The summed E-state index contributed by atoms with van der Waals surface area (Å²) >= 11 is 0. The van der Waals surface area contributed by atoms with Crippen molar-refractivity contribution >= 4 is 17.5 Å². The van der Waals surface area contributed by atoms with E-state index in [1.165, 1.54) is 11.1 Å². The normalized spacial score (nSPS) is 13.2. The predicted octanol–water partition coefficient (Wildman–Crippen LogP) is 4.22. The number of aryl methyl sites for hydroxylation is 3. The summed E-state index contributed by atoms with van der Waals surface area (Å²) in [5.41, 5.74) is 6.85. The first-order valence-electron chi connectivity index (χ1n) is 9.55. The SMILES string of the molecule is Cc1cc(C)cc(NC(=O)c2cc(C)nc(N3CCc4ccccc4C3)n2)c1. The van der Waals surface area contributed by atoms with Crippen LogP contribution in [0, 0.1) is 20.8 Å². The maximum absolute atomic E-state index is 12.8. The number of amides is 1. The van der Waals surface area contributed by atoms with Crippen LogP contribution in [0.15, 0.2) is 48.5 Å². The zero-order valence-corrected chi connectivity index (χ0v) is 16.5. The Bertz CT molecular complexity index is 1020. The molecule has 0 bridgehead atoms. The lowest BCUT2D eigenvalue weighted by atomic mass is 10.0. The Morgan fingerprint density at radius 1 is 0.964 bits per heavy atom. The van der Waals surface area contributed by atoms with Crippen molar-refractivity contribution in [3.8, 4) is 0 Å². The van der Waals surface area contributed by atoms with Gasteiger partial charge in [0.2, 0.25) is 5.95 Å². The lowest BCUT2D eigenvalue weighted by Gasteiger charge is -2.29. The van der Waals surface area contributed by atoms with Crippen LogP contribution in [-0.4, -0.2) is 22.4 Å². The van der Waals surface area contributed by atoms with E-state index >= 15 is 0 Å². The van der Waals surface area contributed by atoms with Crippen molar-refractivity contribution in [3.05, 3.63) is 82.2 Å². The highest BCUT2D eigenvalue weighted by Crippen LogP contribution is 2.23. The summed E-state index contributed by atoms with van der Waals surface area (Å²) in [6.07, 6.45) is 0.956. The Hall–Kier alpha value is -3.21. The molecule has 142 valence electrons. The molecule has 1 N–H and O–H groups in total. The van der Waals surface area contributed by atoms with Gasteiger partial charge in [-0.1, -0.05) is 30.3 Å². The van der Waals surface area contributed by atoms with Crippen molar-refractivity contribution in [1.82, 2.24) is 9.97 Å². The van der Waals surface area contributed by atoms with Gasteiger partial charge in [0, 0.05) is 24.5 Å². The maximum atomic E-state index is 12.8. The van der Waals surface area contributed by atoms with Gasteiger partial charge in [-0.25, -0.2) is 9.97 Å². The summed E-state index contributed by atoms with van der Waals surface area (Å²) in [6, 6.07) is 16.2. The van der Waals surface area contributed by atoms with E-state index in [1.807, 2.05) is 32.9 Å². The highest BCUT2D eigenvalue weighted by molar-refractivity contribution is 6.03. The van der Waals surface area contributed by atoms with E-state index in [0.29, 0.717) is 11.6 Å². The highest BCUT2D eigenvalue weighted by Gasteiger charge is 2.20. The first-order valence-corrected chi connectivity index (χ1v) is 9.55. The number of fused-ring (bicyclic) bond motifs is 1. The van der Waals surface area contributed by atoms with Gasteiger partial charge in [-0.2, -0.15) is 0 Å². The molecule has 1 aromatic heterocycles. The van der Waals surface area contributed by atoms with Crippen LogP contribution in [0.4, 0.5) is 11.6 Å². The molecule has 0 radical (unpaired) electrons. The third-order valence-corrected chi connectivity index (χ3v) is 4.97. The third-order valence-electron chi connectivity index (χ3n) is 4.97. The fourth-order valence-electron chi connectivity index (χ4n) is 3.72. The first-order chi connectivity index (χ1) is 13.5. The second-order valence-electron chi connectivity index (χ2n) is 7.47. The number of nitrogens with one attached hydrogen (secondary N) is 1. The molecule has 0 saturated heterocycles. The fraction of sp³-hybridized carbons (Fsp3) is 0.261. The second kappa shape index (κ2) is 7.43. The van der Waals surface area contributed by atoms with E-state index in [0.717, 1.165) is 42.0 Å². The molecule has 0 spiro atoms. The number of nitrogens with zero attached hydrogens (tertiary/aromatic N) is 3. The van der Waals surface area contributed by atoms with Gasteiger partial charge in [-0.15, -0.1) is 0 Å². The van der Waals surface area contributed by atoms with Crippen LogP contribution < -0.4 is 10.2 Å². The van der Waals surface area contributed by atoms with Crippen LogP contribution in [0.25, 0.3) is 0 Å². The van der Waals surface area contributed by atoms with Crippen molar-refractivity contribution in [3.63, 3.8) is 0 Å². The number of anilines is 2. The number of hydrogen-bond acceptors (Lipinski definition) is 4. The summed E-state index contributed by atoms with van der Waals surface area (Å²) in [5.74, 6) is 0.397. The number of carbonyl (C=O) groups is 1.